The number of hydrogen-bond donors (Lipinski definition) is 6. The molecule has 0 bridgehead atoms. The SMILES string of the molecule is CCC(=O)N[C@H]1C[C@@H](n2cnc3c(NCC(c4ccccc4)c4ccccc4)nc(N4CC[C@@H](NC(=O)Nc5ccc(OC(F)(F)F)cc5)C4)nc32)[C@H](O)[C@@H]1O. The van der Waals surface area contributed by atoms with E-state index in [1.54, 1.807) is 17.8 Å². The molecule has 2 aliphatic rings. The normalized spacial score (nSPS) is 21.0. The molecule has 2 fully saturated rings. The lowest BCUT2D eigenvalue weighted by molar-refractivity contribution is -0.274. The predicted octanol–water partition coefficient (Wildman–Crippen LogP) is 4.93. The minimum Gasteiger partial charge on any atom is -0.406 e. The average Bonchev–Trinajstić information content (AvgIpc) is 3.90. The number of nitrogens with one attached hydrogen (secondary N) is 4. The minimum absolute atomic E-state index is 0.0464. The molecule has 14 nitrogen and oxygen atoms in total. The summed E-state index contributed by atoms with van der Waals surface area (Å²) in [5, 5.41) is 34.0. The molecule has 7 rings (SSSR count). The van der Waals surface area contributed by atoms with Crippen LogP contribution in [0, 0.1) is 0 Å². The van der Waals surface area contributed by atoms with Crippen molar-refractivity contribution in [3.63, 3.8) is 0 Å². The van der Waals surface area contributed by atoms with Gasteiger partial charge in [-0.25, -0.2) is 9.78 Å². The number of aromatic nitrogens is 4. The molecule has 0 unspecified atom stereocenters. The monoisotopic (exact) mass is 773 g/mol. The van der Waals surface area contributed by atoms with Crippen LogP contribution in [0.3, 0.4) is 0 Å². The van der Waals surface area contributed by atoms with Gasteiger partial charge in [-0.3, -0.25) is 4.79 Å². The summed E-state index contributed by atoms with van der Waals surface area (Å²) >= 11 is 0. The van der Waals surface area contributed by atoms with E-state index in [9.17, 15) is 33.0 Å². The van der Waals surface area contributed by atoms with Crippen molar-refractivity contribution in [3.05, 3.63) is 102 Å². The van der Waals surface area contributed by atoms with Crippen molar-refractivity contribution >= 4 is 40.6 Å². The zero-order valence-corrected chi connectivity index (χ0v) is 30.4. The van der Waals surface area contributed by atoms with Crippen molar-refractivity contribution in [1.29, 1.82) is 0 Å². The van der Waals surface area contributed by atoms with E-state index in [1.807, 2.05) is 41.3 Å². The maximum absolute atomic E-state index is 12.9. The first-order chi connectivity index (χ1) is 27.0. The van der Waals surface area contributed by atoms with Crippen LogP contribution in [0.5, 0.6) is 5.75 Å². The van der Waals surface area contributed by atoms with Crippen molar-refractivity contribution < 1.29 is 37.7 Å². The maximum Gasteiger partial charge on any atom is 0.573 e. The number of alkyl halides is 3. The van der Waals surface area contributed by atoms with Gasteiger partial charge >= 0.3 is 12.4 Å². The summed E-state index contributed by atoms with van der Waals surface area (Å²) in [5.74, 6) is 0.122. The molecule has 1 saturated heterocycles. The Bertz CT molecular complexity index is 2080. The highest BCUT2D eigenvalue weighted by Crippen LogP contribution is 2.36. The fraction of sp³-hybridized carbons (Fsp3) is 0.359. The number of carbonyl (C=O) groups is 2. The molecule has 0 spiro atoms. The zero-order chi connectivity index (χ0) is 39.4. The molecule has 1 aliphatic carbocycles. The molecule has 5 atom stereocenters. The number of halogens is 3. The van der Waals surface area contributed by atoms with Crippen molar-refractivity contribution in [2.75, 3.05) is 35.2 Å². The summed E-state index contributed by atoms with van der Waals surface area (Å²) in [6, 6.07) is 22.8. The predicted molar refractivity (Wildman–Crippen MR) is 202 cm³/mol. The largest absolute Gasteiger partial charge is 0.573 e. The highest BCUT2D eigenvalue weighted by atomic mass is 19.4. The van der Waals surface area contributed by atoms with E-state index in [0.717, 1.165) is 23.3 Å². The molecule has 1 aliphatic heterocycles. The van der Waals surface area contributed by atoms with Gasteiger partial charge in [-0.05, 0) is 48.2 Å². The van der Waals surface area contributed by atoms with Gasteiger partial charge in [0.25, 0.3) is 0 Å². The van der Waals surface area contributed by atoms with Gasteiger partial charge in [0.1, 0.15) is 18.0 Å². The molecule has 3 amide bonds. The van der Waals surface area contributed by atoms with Gasteiger partial charge in [-0.1, -0.05) is 67.6 Å². The minimum atomic E-state index is -4.82. The smallest absolute Gasteiger partial charge is 0.406 e. The fourth-order valence-corrected chi connectivity index (χ4v) is 7.30. The third kappa shape index (κ3) is 8.79. The zero-order valence-electron chi connectivity index (χ0n) is 30.4. The highest BCUT2D eigenvalue weighted by Gasteiger charge is 2.44. The van der Waals surface area contributed by atoms with Gasteiger partial charge in [0.2, 0.25) is 11.9 Å². The van der Waals surface area contributed by atoms with Crippen LogP contribution < -0.4 is 30.9 Å². The molecule has 1 saturated carbocycles. The van der Waals surface area contributed by atoms with Crippen LogP contribution in [-0.2, 0) is 4.79 Å². The van der Waals surface area contributed by atoms with Crippen LogP contribution in [0.2, 0.25) is 0 Å². The molecule has 3 heterocycles. The van der Waals surface area contributed by atoms with Crippen molar-refractivity contribution in [2.24, 2.45) is 0 Å². The summed E-state index contributed by atoms with van der Waals surface area (Å²) in [5.41, 5.74) is 3.35. The molecule has 3 aromatic carbocycles. The van der Waals surface area contributed by atoms with Crippen LogP contribution in [-0.4, -0.2) is 92.0 Å². The Hall–Kier alpha value is -5.94. The molecule has 56 heavy (non-hydrogen) atoms. The van der Waals surface area contributed by atoms with E-state index in [2.05, 4.69) is 55.3 Å². The first-order valence-electron chi connectivity index (χ1n) is 18.4. The lowest BCUT2D eigenvalue weighted by Crippen LogP contribution is -2.42. The third-order valence-corrected chi connectivity index (χ3v) is 10.1. The highest BCUT2D eigenvalue weighted by molar-refractivity contribution is 5.89. The Morgan fingerprint density at radius 2 is 1.61 bits per heavy atom. The summed E-state index contributed by atoms with van der Waals surface area (Å²) in [6.45, 7) is 3.00. The number of anilines is 3. The van der Waals surface area contributed by atoms with Crippen LogP contribution in [0.15, 0.2) is 91.3 Å². The number of imidazole rings is 1. The fourth-order valence-electron chi connectivity index (χ4n) is 7.30. The number of nitrogens with zero attached hydrogens (tertiary/aromatic N) is 5. The van der Waals surface area contributed by atoms with Gasteiger partial charge in [0.05, 0.1) is 18.4 Å². The van der Waals surface area contributed by atoms with Gasteiger partial charge in [0, 0.05) is 43.7 Å². The number of rotatable bonds is 12. The first kappa shape index (κ1) is 38.3. The molecule has 6 N–H and O–H groups in total. The van der Waals surface area contributed by atoms with Gasteiger partial charge in [0.15, 0.2) is 17.0 Å². The van der Waals surface area contributed by atoms with Crippen LogP contribution in [0.4, 0.5) is 35.4 Å². The Kier molecular flexibility index (Phi) is 11.2. The first-order valence-corrected chi connectivity index (χ1v) is 18.4. The van der Waals surface area contributed by atoms with E-state index < -0.39 is 42.4 Å². The standard InChI is InChI=1S/C39H42F3N9O5/c1-2-31(52)47-29-19-30(34(54)33(29)53)51-22-44-32-35(43-20-28(23-9-5-3-6-10-23)24-11-7-4-8-12-24)48-37(49-36(32)51)50-18-17-26(21-50)46-38(55)45-25-13-15-27(16-14-25)56-39(40,41)42/h3-16,22,26,28-30,33-34,53-54H,2,17-21H2,1H3,(H,47,52)(H,43,48,49)(H2,45,46,55)/t26-,29+,30-,33-,34+/m1/s1. The molecule has 2 aromatic heterocycles. The van der Waals surface area contributed by atoms with Gasteiger partial charge < -0.3 is 45.7 Å². The number of hydrogen-bond acceptors (Lipinski definition) is 10. The third-order valence-electron chi connectivity index (χ3n) is 10.1. The second-order valence-electron chi connectivity index (χ2n) is 13.9. The van der Waals surface area contributed by atoms with E-state index >= 15 is 0 Å². The van der Waals surface area contributed by atoms with E-state index in [0.29, 0.717) is 49.0 Å². The molecular weight excluding hydrogens is 731 g/mol. The Morgan fingerprint density at radius 3 is 2.25 bits per heavy atom. The average molecular weight is 774 g/mol. The summed E-state index contributed by atoms with van der Waals surface area (Å²) in [7, 11) is 0. The quantitative estimate of drug-likeness (QED) is 0.102. The summed E-state index contributed by atoms with van der Waals surface area (Å²) in [6.07, 6.45) is -4.65. The van der Waals surface area contributed by atoms with Gasteiger partial charge in [-0.2, -0.15) is 9.97 Å². The van der Waals surface area contributed by atoms with Gasteiger partial charge in [-0.15, -0.1) is 13.2 Å². The van der Waals surface area contributed by atoms with Crippen LogP contribution in [0.25, 0.3) is 11.2 Å². The Balaban J connectivity index is 1.14. The number of aliphatic hydroxyl groups excluding tert-OH is 2. The molecule has 0 radical (unpaired) electrons. The van der Waals surface area contributed by atoms with E-state index in [1.165, 1.54) is 12.1 Å². The second-order valence-corrected chi connectivity index (χ2v) is 13.9. The van der Waals surface area contributed by atoms with Crippen molar-refractivity contribution in [3.8, 4) is 5.75 Å². The number of ether oxygens (including phenoxy) is 1. The lowest BCUT2D eigenvalue weighted by Gasteiger charge is -2.22. The number of amides is 3. The second kappa shape index (κ2) is 16.4. The number of urea groups is 1. The number of carbonyl (C=O) groups excluding carboxylic acids is 2. The van der Waals surface area contributed by atoms with E-state index in [-0.39, 0.29) is 36.4 Å². The van der Waals surface area contributed by atoms with E-state index in [4.69, 9.17) is 9.97 Å². The Morgan fingerprint density at radius 1 is 0.929 bits per heavy atom. The topological polar surface area (TPSA) is 179 Å². The number of benzene rings is 3. The number of aliphatic hydroxyl groups is 2. The summed E-state index contributed by atoms with van der Waals surface area (Å²) < 4.78 is 43.2. The maximum atomic E-state index is 12.9. The van der Waals surface area contributed by atoms with Crippen LogP contribution >= 0.6 is 0 Å². The molecule has 294 valence electrons. The molecule has 5 aromatic rings. The molecular formula is C39H42F3N9O5. The lowest BCUT2D eigenvalue weighted by atomic mass is 9.91. The van der Waals surface area contributed by atoms with Crippen molar-refractivity contribution in [1.82, 2.24) is 30.2 Å². The summed E-state index contributed by atoms with van der Waals surface area (Å²) in [4.78, 5) is 41.6. The van der Waals surface area contributed by atoms with Crippen LogP contribution in [0.1, 0.15) is 49.3 Å². The van der Waals surface area contributed by atoms with Crippen molar-refractivity contribution in [2.45, 2.75) is 68.8 Å². The number of fused-ring (bicyclic) bond motifs is 1. The Labute approximate surface area is 320 Å². The molecule has 17 heteroatoms.